The van der Waals surface area contributed by atoms with Crippen LogP contribution < -0.4 is 10.5 Å². The zero-order valence-corrected chi connectivity index (χ0v) is 12.2. The minimum atomic E-state index is -0.227. The van der Waals surface area contributed by atoms with Gasteiger partial charge in [-0.3, -0.25) is 9.59 Å². The second-order valence-corrected chi connectivity index (χ2v) is 5.49. The number of amides is 1. The number of hydrogen-bond acceptors (Lipinski definition) is 2. The van der Waals surface area contributed by atoms with Crippen molar-refractivity contribution in [1.82, 2.24) is 9.88 Å². The number of carbonyl (C=O) groups is 1. The Morgan fingerprint density at radius 1 is 1.29 bits per heavy atom. The van der Waals surface area contributed by atoms with Crippen LogP contribution in [0.3, 0.4) is 0 Å². The van der Waals surface area contributed by atoms with Gasteiger partial charge in [-0.25, -0.2) is 0 Å². The van der Waals surface area contributed by atoms with Gasteiger partial charge in [0.2, 0.25) is 5.56 Å². The SMILES string of the molecule is CC[NH+]1CCN(C(=O)c2cc(=O)[nH]c3ccccc23)CC1. The van der Waals surface area contributed by atoms with Gasteiger partial charge >= 0.3 is 0 Å². The standard InChI is InChI=1S/C16H19N3O2/c1-2-18-7-9-19(10-8-18)16(21)13-11-15(20)17-14-6-4-3-5-12(13)14/h3-6,11H,2,7-10H2,1H3,(H,17,20)/p+1. The van der Waals surface area contributed by atoms with E-state index in [1.165, 1.54) is 11.0 Å². The third-order valence-electron chi connectivity index (χ3n) is 4.24. The Morgan fingerprint density at radius 3 is 2.71 bits per heavy atom. The molecule has 0 spiro atoms. The number of nitrogens with zero attached hydrogens (tertiary/aromatic N) is 1. The van der Waals surface area contributed by atoms with Crippen LogP contribution in [0, 0.1) is 0 Å². The van der Waals surface area contributed by atoms with Gasteiger partial charge in [0.1, 0.15) is 0 Å². The van der Waals surface area contributed by atoms with E-state index in [9.17, 15) is 9.59 Å². The maximum absolute atomic E-state index is 12.7. The highest BCUT2D eigenvalue weighted by Gasteiger charge is 2.24. The van der Waals surface area contributed by atoms with Crippen LogP contribution >= 0.6 is 0 Å². The maximum atomic E-state index is 12.7. The number of para-hydroxylation sites is 1. The number of likely N-dealkylation sites (N-methyl/N-ethyl adjacent to an activating group) is 1. The molecule has 5 heteroatoms. The summed E-state index contributed by atoms with van der Waals surface area (Å²) in [7, 11) is 0. The van der Waals surface area contributed by atoms with Crippen molar-refractivity contribution in [2.45, 2.75) is 6.92 Å². The first kappa shape index (κ1) is 13.8. The highest BCUT2D eigenvalue weighted by Crippen LogP contribution is 2.16. The van der Waals surface area contributed by atoms with Crippen molar-refractivity contribution in [3.8, 4) is 0 Å². The van der Waals surface area contributed by atoms with E-state index in [2.05, 4.69) is 11.9 Å². The number of hydrogen-bond donors (Lipinski definition) is 2. The molecule has 0 saturated carbocycles. The highest BCUT2D eigenvalue weighted by atomic mass is 16.2. The molecule has 0 unspecified atom stereocenters. The summed E-state index contributed by atoms with van der Waals surface area (Å²) in [6, 6.07) is 8.87. The van der Waals surface area contributed by atoms with E-state index in [0.29, 0.717) is 11.1 Å². The topological polar surface area (TPSA) is 57.6 Å². The Labute approximate surface area is 123 Å². The van der Waals surface area contributed by atoms with Gasteiger partial charge in [-0.2, -0.15) is 0 Å². The lowest BCUT2D eigenvalue weighted by Gasteiger charge is -2.31. The van der Waals surface area contributed by atoms with Gasteiger partial charge in [0, 0.05) is 17.0 Å². The number of aromatic amines is 1. The molecule has 5 nitrogen and oxygen atoms in total. The normalized spacial score (nSPS) is 16.3. The Kier molecular flexibility index (Phi) is 3.75. The quantitative estimate of drug-likeness (QED) is 0.809. The third kappa shape index (κ3) is 2.69. The maximum Gasteiger partial charge on any atom is 0.255 e. The highest BCUT2D eigenvalue weighted by molar-refractivity contribution is 6.05. The van der Waals surface area contributed by atoms with E-state index in [1.807, 2.05) is 29.2 Å². The van der Waals surface area contributed by atoms with Gasteiger partial charge < -0.3 is 14.8 Å². The zero-order chi connectivity index (χ0) is 14.8. The molecule has 2 aromatic rings. The lowest BCUT2D eigenvalue weighted by atomic mass is 10.1. The molecule has 0 aliphatic carbocycles. The molecule has 1 aromatic carbocycles. The molecule has 2 N–H and O–H groups in total. The average Bonchev–Trinajstić information content (AvgIpc) is 2.53. The Hall–Kier alpha value is -2.14. The van der Waals surface area contributed by atoms with Crippen LogP contribution in [-0.2, 0) is 0 Å². The fourth-order valence-corrected chi connectivity index (χ4v) is 2.93. The largest absolute Gasteiger partial charge is 0.332 e. The van der Waals surface area contributed by atoms with Crippen molar-refractivity contribution >= 4 is 16.8 Å². The molecule has 1 fully saturated rings. The summed E-state index contributed by atoms with van der Waals surface area (Å²) in [5.74, 6) is -0.0348. The number of fused-ring (bicyclic) bond motifs is 1. The van der Waals surface area contributed by atoms with Crippen LogP contribution in [0.1, 0.15) is 17.3 Å². The predicted molar refractivity (Wildman–Crippen MR) is 81.7 cm³/mol. The predicted octanol–water partition coefficient (Wildman–Crippen LogP) is -0.111. The molecule has 0 radical (unpaired) electrons. The molecular weight excluding hydrogens is 266 g/mol. The fraction of sp³-hybridized carbons (Fsp3) is 0.375. The van der Waals surface area contributed by atoms with Crippen molar-refractivity contribution in [2.75, 3.05) is 32.7 Å². The fourth-order valence-electron chi connectivity index (χ4n) is 2.93. The van der Waals surface area contributed by atoms with E-state index < -0.39 is 0 Å². The summed E-state index contributed by atoms with van der Waals surface area (Å²) < 4.78 is 0. The van der Waals surface area contributed by atoms with Gasteiger partial charge in [-0.1, -0.05) is 18.2 Å². The van der Waals surface area contributed by atoms with Crippen LogP contribution in [0.5, 0.6) is 0 Å². The smallest absolute Gasteiger partial charge is 0.255 e. The Balaban J connectivity index is 1.93. The van der Waals surface area contributed by atoms with Crippen LogP contribution in [-0.4, -0.2) is 48.5 Å². The minimum Gasteiger partial charge on any atom is -0.332 e. The van der Waals surface area contributed by atoms with Crippen LogP contribution in [0.25, 0.3) is 10.9 Å². The van der Waals surface area contributed by atoms with Crippen LogP contribution in [0.15, 0.2) is 35.1 Å². The van der Waals surface area contributed by atoms with Gasteiger partial charge in [-0.05, 0) is 13.0 Å². The second kappa shape index (κ2) is 5.69. The van der Waals surface area contributed by atoms with Gasteiger partial charge in [0.05, 0.1) is 38.3 Å². The number of rotatable bonds is 2. The molecule has 0 bridgehead atoms. The summed E-state index contributed by atoms with van der Waals surface area (Å²) in [4.78, 5) is 30.6. The second-order valence-electron chi connectivity index (χ2n) is 5.49. The number of nitrogens with one attached hydrogen (secondary N) is 2. The number of quaternary nitrogens is 1. The van der Waals surface area contributed by atoms with Crippen LogP contribution in [0.4, 0.5) is 0 Å². The molecule has 1 amide bonds. The molecule has 1 aromatic heterocycles. The Bertz CT molecular complexity index is 715. The molecule has 21 heavy (non-hydrogen) atoms. The first-order valence-electron chi connectivity index (χ1n) is 7.44. The Morgan fingerprint density at radius 2 is 2.00 bits per heavy atom. The summed E-state index contributed by atoms with van der Waals surface area (Å²) in [6.07, 6.45) is 0. The van der Waals surface area contributed by atoms with Gasteiger partial charge in [-0.15, -0.1) is 0 Å². The molecule has 2 heterocycles. The lowest BCUT2D eigenvalue weighted by Crippen LogP contribution is -3.14. The number of H-pyrrole nitrogens is 1. The van der Waals surface area contributed by atoms with E-state index in [-0.39, 0.29) is 11.5 Å². The average molecular weight is 286 g/mol. The van der Waals surface area contributed by atoms with Crippen molar-refractivity contribution in [2.24, 2.45) is 0 Å². The van der Waals surface area contributed by atoms with Gasteiger partial charge in [0.25, 0.3) is 5.91 Å². The van der Waals surface area contributed by atoms with Gasteiger partial charge in [0.15, 0.2) is 0 Å². The minimum absolute atomic E-state index is 0.0348. The third-order valence-corrected chi connectivity index (χ3v) is 4.24. The molecule has 110 valence electrons. The lowest BCUT2D eigenvalue weighted by molar-refractivity contribution is -0.902. The molecular formula is C16H20N3O2+. The number of pyridine rings is 1. The van der Waals surface area contributed by atoms with E-state index in [1.54, 1.807) is 0 Å². The van der Waals surface area contributed by atoms with Crippen molar-refractivity contribution in [3.63, 3.8) is 0 Å². The summed E-state index contributed by atoms with van der Waals surface area (Å²) in [5, 5.41) is 0.812. The van der Waals surface area contributed by atoms with E-state index in [4.69, 9.17) is 0 Å². The molecule has 1 aliphatic rings. The summed E-state index contributed by atoms with van der Waals surface area (Å²) in [5.41, 5.74) is 0.996. The number of aromatic nitrogens is 1. The molecule has 3 rings (SSSR count). The summed E-state index contributed by atoms with van der Waals surface area (Å²) >= 11 is 0. The van der Waals surface area contributed by atoms with Crippen molar-refractivity contribution < 1.29 is 9.69 Å². The monoisotopic (exact) mass is 286 g/mol. The zero-order valence-electron chi connectivity index (χ0n) is 12.2. The van der Waals surface area contributed by atoms with Crippen LogP contribution in [0.2, 0.25) is 0 Å². The van der Waals surface area contributed by atoms with Crippen molar-refractivity contribution in [3.05, 3.63) is 46.2 Å². The molecule has 1 aliphatic heterocycles. The van der Waals surface area contributed by atoms with Crippen molar-refractivity contribution in [1.29, 1.82) is 0 Å². The summed E-state index contributed by atoms with van der Waals surface area (Å²) in [6.45, 7) is 6.71. The van der Waals surface area contributed by atoms with E-state index in [0.717, 1.165) is 38.1 Å². The molecule has 0 atom stereocenters. The van der Waals surface area contributed by atoms with E-state index >= 15 is 0 Å². The molecule has 1 saturated heterocycles. The first-order chi connectivity index (χ1) is 10.2. The number of piperazine rings is 1. The number of carbonyl (C=O) groups excluding carboxylic acids is 1. The first-order valence-corrected chi connectivity index (χ1v) is 7.44. The number of benzene rings is 1.